The van der Waals surface area contributed by atoms with Crippen LogP contribution in [0.5, 0.6) is 11.5 Å². The molecule has 2 aromatic rings. The van der Waals surface area contributed by atoms with Crippen molar-refractivity contribution in [3.05, 3.63) is 47.5 Å². The van der Waals surface area contributed by atoms with E-state index in [1.165, 1.54) is 14.2 Å². The minimum absolute atomic E-state index is 0.0531. The Morgan fingerprint density at radius 2 is 1.87 bits per heavy atom. The first-order chi connectivity index (χ1) is 14.8. The Morgan fingerprint density at radius 1 is 1.10 bits per heavy atom. The van der Waals surface area contributed by atoms with Crippen molar-refractivity contribution in [1.29, 1.82) is 0 Å². The lowest BCUT2D eigenvalue weighted by Crippen LogP contribution is -2.28. The molecule has 1 aliphatic rings. The van der Waals surface area contributed by atoms with E-state index in [2.05, 4.69) is 5.32 Å². The summed E-state index contributed by atoms with van der Waals surface area (Å²) in [6.45, 7) is 3.67. The third-order valence-corrected chi connectivity index (χ3v) is 5.13. The number of carbonyl (C=O) groups excluding carboxylic acids is 3. The summed E-state index contributed by atoms with van der Waals surface area (Å²) in [7, 11) is 3.00. The van der Waals surface area contributed by atoms with Crippen molar-refractivity contribution >= 4 is 29.2 Å². The molecule has 2 aromatic carbocycles. The quantitative estimate of drug-likeness (QED) is 0.685. The lowest BCUT2D eigenvalue weighted by Gasteiger charge is -2.19. The van der Waals surface area contributed by atoms with Crippen LogP contribution in [0.3, 0.4) is 0 Å². The van der Waals surface area contributed by atoms with Crippen LogP contribution in [0.1, 0.15) is 17.5 Å². The van der Waals surface area contributed by atoms with E-state index in [4.69, 9.17) is 14.2 Å². The summed E-state index contributed by atoms with van der Waals surface area (Å²) in [4.78, 5) is 38.8. The number of aryl methyl sites for hydroxylation is 2. The van der Waals surface area contributed by atoms with Crippen LogP contribution >= 0.6 is 0 Å². The van der Waals surface area contributed by atoms with Gasteiger partial charge in [-0.2, -0.15) is 0 Å². The normalized spacial score (nSPS) is 15.5. The molecule has 0 radical (unpaired) electrons. The SMILES string of the molecule is COc1ccc(OC)c(NC(=O)COC(=O)[C@H]2CC(=O)N(c3ccc(C)cc3C)C2)c1. The summed E-state index contributed by atoms with van der Waals surface area (Å²) < 4.78 is 15.5. The average Bonchev–Trinajstić information content (AvgIpc) is 3.13. The Balaban J connectivity index is 1.57. The minimum Gasteiger partial charge on any atom is -0.497 e. The van der Waals surface area contributed by atoms with Crippen molar-refractivity contribution in [2.75, 3.05) is 37.6 Å². The van der Waals surface area contributed by atoms with E-state index in [1.807, 2.05) is 32.0 Å². The molecule has 0 aromatic heterocycles. The lowest BCUT2D eigenvalue weighted by atomic mass is 10.1. The molecular weight excluding hydrogens is 400 g/mol. The molecule has 164 valence electrons. The molecule has 31 heavy (non-hydrogen) atoms. The molecular formula is C23H26N2O6. The van der Waals surface area contributed by atoms with Crippen LogP contribution in [0.15, 0.2) is 36.4 Å². The summed E-state index contributed by atoms with van der Waals surface area (Å²) >= 11 is 0. The molecule has 0 bridgehead atoms. The number of nitrogens with one attached hydrogen (secondary N) is 1. The number of esters is 1. The van der Waals surface area contributed by atoms with Crippen LogP contribution in [0.2, 0.25) is 0 Å². The van der Waals surface area contributed by atoms with Gasteiger partial charge in [0.05, 0.1) is 25.8 Å². The van der Waals surface area contributed by atoms with Crippen LogP contribution in [0.25, 0.3) is 0 Å². The van der Waals surface area contributed by atoms with Gasteiger partial charge in [0.1, 0.15) is 11.5 Å². The molecule has 0 saturated carbocycles. The topological polar surface area (TPSA) is 94.2 Å². The van der Waals surface area contributed by atoms with Gasteiger partial charge in [-0.05, 0) is 37.6 Å². The zero-order valence-electron chi connectivity index (χ0n) is 18.1. The van der Waals surface area contributed by atoms with Crippen molar-refractivity contribution in [1.82, 2.24) is 0 Å². The number of nitrogens with zero attached hydrogens (tertiary/aromatic N) is 1. The van der Waals surface area contributed by atoms with Crippen LogP contribution < -0.4 is 19.7 Å². The highest BCUT2D eigenvalue weighted by Gasteiger charge is 2.36. The van der Waals surface area contributed by atoms with Crippen molar-refractivity contribution in [3.8, 4) is 11.5 Å². The molecule has 0 aliphatic carbocycles. The van der Waals surface area contributed by atoms with E-state index in [0.29, 0.717) is 17.2 Å². The molecule has 1 atom stereocenters. The maximum absolute atomic E-state index is 12.5. The number of carbonyl (C=O) groups is 3. The third-order valence-electron chi connectivity index (χ3n) is 5.13. The second-order valence-corrected chi connectivity index (χ2v) is 7.42. The van der Waals surface area contributed by atoms with Crippen molar-refractivity contribution in [3.63, 3.8) is 0 Å². The Morgan fingerprint density at radius 3 is 2.55 bits per heavy atom. The highest BCUT2D eigenvalue weighted by Crippen LogP contribution is 2.30. The molecule has 1 aliphatic heterocycles. The molecule has 0 unspecified atom stereocenters. The number of anilines is 2. The largest absolute Gasteiger partial charge is 0.497 e. The van der Waals surface area contributed by atoms with Gasteiger partial charge in [-0.3, -0.25) is 14.4 Å². The van der Waals surface area contributed by atoms with E-state index < -0.39 is 24.4 Å². The van der Waals surface area contributed by atoms with Gasteiger partial charge in [0, 0.05) is 24.7 Å². The Kier molecular flexibility index (Phi) is 6.79. The first kappa shape index (κ1) is 22.1. The van der Waals surface area contributed by atoms with Gasteiger partial charge in [-0.25, -0.2) is 0 Å². The van der Waals surface area contributed by atoms with Crippen molar-refractivity contribution < 1.29 is 28.6 Å². The smallest absolute Gasteiger partial charge is 0.311 e. The predicted molar refractivity (Wildman–Crippen MR) is 116 cm³/mol. The minimum atomic E-state index is -0.618. The Bertz CT molecular complexity index is 1000. The van der Waals surface area contributed by atoms with Gasteiger partial charge >= 0.3 is 5.97 Å². The number of hydrogen-bond donors (Lipinski definition) is 1. The van der Waals surface area contributed by atoms with E-state index >= 15 is 0 Å². The van der Waals surface area contributed by atoms with Crippen LogP contribution in [0, 0.1) is 19.8 Å². The van der Waals surface area contributed by atoms with E-state index in [9.17, 15) is 14.4 Å². The maximum atomic E-state index is 12.5. The van der Waals surface area contributed by atoms with E-state index in [-0.39, 0.29) is 18.9 Å². The molecule has 1 N–H and O–H groups in total. The zero-order valence-corrected chi connectivity index (χ0v) is 18.1. The lowest BCUT2D eigenvalue weighted by molar-refractivity contribution is -0.151. The van der Waals surface area contributed by atoms with Gasteiger partial charge in [0.15, 0.2) is 6.61 Å². The fraction of sp³-hybridized carbons (Fsp3) is 0.348. The van der Waals surface area contributed by atoms with Gasteiger partial charge in [0.25, 0.3) is 5.91 Å². The van der Waals surface area contributed by atoms with Crippen LogP contribution in [-0.2, 0) is 19.1 Å². The first-order valence-corrected chi connectivity index (χ1v) is 9.88. The summed E-state index contributed by atoms with van der Waals surface area (Å²) in [5.74, 6) is -0.856. The number of amides is 2. The molecule has 1 saturated heterocycles. The Labute approximate surface area is 181 Å². The van der Waals surface area contributed by atoms with Crippen molar-refractivity contribution in [2.45, 2.75) is 20.3 Å². The summed E-state index contributed by atoms with van der Waals surface area (Å²) in [6, 6.07) is 10.8. The van der Waals surface area contributed by atoms with Gasteiger partial charge in [-0.15, -0.1) is 0 Å². The average molecular weight is 426 g/mol. The molecule has 0 spiro atoms. The number of ether oxygens (including phenoxy) is 3. The second kappa shape index (κ2) is 9.51. The summed E-state index contributed by atoms with van der Waals surface area (Å²) in [5, 5.41) is 2.64. The highest BCUT2D eigenvalue weighted by molar-refractivity contribution is 6.00. The van der Waals surface area contributed by atoms with Crippen LogP contribution in [-0.4, -0.2) is 45.2 Å². The zero-order chi connectivity index (χ0) is 22.5. The van der Waals surface area contributed by atoms with Gasteiger partial charge in [-0.1, -0.05) is 17.7 Å². The summed E-state index contributed by atoms with van der Waals surface area (Å²) in [6.07, 6.45) is 0.0531. The number of benzene rings is 2. The standard InChI is InChI=1S/C23H26N2O6/c1-14-5-7-19(15(2)9-14)25-12-16(10-22(25)27)23(28)31-13-21(26)24-18-11-17(29-3)6-8-20(18)30-4/h5-9,11,16H,10,12-13H2,1-4H3,(H,24,26)/t16-/m0/s1. The summed E-state index contributed by atoms with van der Waals surface area (Å²) in [5.41, 5.74) is 3.25. The highest BCUT2D eigenvalue weighted by atomic mass is 16.5. The van der Waals surface area contributed by atoms with E-state index in [1.54, 1.807) is 23.1 Å². The molecule has 1 heterocycles. The second-order valence-electron chi connectivity index (χ2n) is 7.42. The molecule has 3 rings (SSSR count). The van der Waals surface area contributed by atoms with Gasteiger partial charge < -0.3 is 24.4 Å². The fourth-order valence-corrected chi connectivity index (χ4v) is 3.56. The van der Waals surface area contributed by atoms with Crippen LogP contribution in [0.4, 0.5) is 11.4 Å². The molecule has 8 heteroatoms. The molecule has 8 nitrogen and oxygen atoms in total. The Hall–Kier alpha value is -3.55. The van der Waals surface area contributed by atoms with E-state index in [0.717, 1.165) is 16.8 Å². The number of rotatable bonds is 7. The third kappa shape index (κ3) is 5.14. The maximum Gasteiger partial charge on any atom is 0.311 e. The number of hydrogen-bond acceptors (Lipinski definition) is 6. The molecule has 2 amide bonds. The number of methoxy groups -OCH3 is 2. The molecule has 1 fully saturated rings. The first-order valence-electron chi connectivity index (χ1n) is 9.88. The fourth-order valence-electron chi connectivity index (χ4n) is 3.56. The predicted octanol–water partition coefficient (Wildman–Crippen LogP) is 2.86. The van der Waals surface area contributed by atoms with Crippen molar-refractivity contribution in [2.24, 2.45) is 5.92 Å². The van der Waals surface area contributed by atoms with Gasteiger partial charge in [0.2, 0.25) is 5.91 Å². The monoisotopic (exact) mass is 426 g/mol.